The summed E-state index contributed by atoms with van der Waals surface area (Å²) in [5.41, 5.74) is 1.23. The van der Waals surface area contributed by atoms with Crippen molar-refractivity contribution >= 4 is 15.9 Å². The van der Waals surface area contributed by atoms with Crippen LogP contribution in [-0.2, 0) is 6.42 Å². The zero-order valence-corrected chi connectivity index (χ0v) is 8.25. The molecule has 0 fully saturated rings. The molecule has 12 heavy (non-hydrogen) atoms. The SMILES string of the molecule is BrCC1CCc2cccnc2O1. The third-order valence-corrected chi connectivity index (χ3v) is 2.76. The van der Waals surface area contributed by atoms with E-state index >= 15 is 0 Å². The summed E-state index contributed by atoms with van der Waals surface area (Å²) in [7, 11) is 0. The Hall–Kier alpha value is -0.570. The topological polar surface area (TPSA) is 22.1 Å². The molecule has 1 aromatic rings. The Kier molecular flexibility index (Phi) is 2.30. The van der Waals surface area contributed by atoms with E-state index in [1.165, 1.54) is 5.56 Å². The number of fused-ring (bicyclic) bond motifs is 1. The fourth-order valence-electron chi connectivity index (χ4n) is 1.36. The summed E-state index contributed by atoms with van der Waals surface area (Å²) in [6.45, 7) is 0. The van der Waals surface area contributed by atoms with Crippen molar-refractivity contribution in [3.8, 4) is 5.88 Å². The minimum Gasteiger partial charge on any atom is -0.473 e. The van der Waals surface area contributed by atoms with Crippen LogP contribution >= 0.6 is 15.9 Å². The highest BCUT2D eigenvalue weighted by molar-refractivity contribution is 9.09. The summed E-state index contributed by atoms with van der Waals surface area (Å²) in [6, 6.07) is 4.03. The van der Waals surface area contributed by atoms with Gasteiger partial charge in [-0.3, -0.25) is 0 Å². The lowest BCUT2D eigenvalue weighted by atomic mass is 10.1. The molecule has 1 aromatic heterocycles. The number of hydrogen-bond acceptors (Lipinski definition) is 2. The van der Waals surface area contributed by atoms with Gasteiger partial charge in [-0.25, -0.2) is 4.98 Å². The Labute approximate surface area is 80.1 Å². The normalized spacial score (nSPS) is 21.2. The molecule has 0 saturated carbocycles. The third kappa shape index (κ3) is 1.46. The first-order chi connectivity index (χ1) is 5.90. The molecule has 0 saturated heterocycles. The fraction of sp³-hybridized carbons (Fsp3) is 0.444. The van der Waals surface area contributed by atoms with Crippen LogP contribution in [-0.4, -0.2) is 16.4 Å². The fourth-order valence-corrected chi connectivity index (χ4v) is 1.82. The number of hydrogen-bond donors (Lipinski definition) is 0. The molecule has 2 heterocycles. The van der Waals surface area contributed by atoms with Crippen LogP contribution in [0.15, 0.2) is 18.3 Å². The Morgan fingerprint density at radius 1 is 1.67 bits per heavy atom. The zero-order chi connectivity index (χ0) is 8.39. The van der Waals surface area contributed by atoms with Crippen LogP contribution in [0, 0.1) is 0 Å². The number of rotatable bonds is 1. The molecule has 0 amide bonds. The molecule has 2 rings (SSSR count). The zero-order valence-electron chi connectivity index (χ0n) is 6.66. The van der Waals surface area contributed by atoms with E-state index in [1.54, 1.807) is 6.20 Å². The summed E-state index contributed by atoms with van der Waals surface area (Å²) >= 11 is 3.41. The molecule has 0 aliphatic carbocycles. The van der Waals surface area contributed by atoms with Crippen LogP contribution in [0.25, 0.3) is 0 Å². The quantitative estimate of drug-likeness (QED) is 0.687. The monoisotopic (exact) mass is 227 g/mol. The lowest BCUT2D eigenvalue weighted by Crippen LogP contribution is -2.24. The second kappa shape index (κ2) is 3.44. The second-order valence-corrected chi connectivity index (χ2v) is 3.55. The first-order valence-corrected chi connectivity index (χ1v) is 5.19. The van der Waals surface area contributed by atoms with Crippen molar-refractivity contribution in [3.05, 3.63) is 23.9 Å². The predicted molar refractivity (Wildman–Crippen MR) is 50.8 cm³/mol. The number of aromatic nitrogens is 1. The van der Waals surface area contributed by atoms with Gasteiger partial charge in [0.2, 0.25) is 5.88 Å². The standard InChI is InChI=1S/C9H10BrNO/c10-6-8-4-3-7-2-1-5-11-9(7)12-8/h1-2,5,8H,3-4,6H2. The maximum atomic E-state index is 5.62. The van der Waals surface area contributed by atoms with E-state index in [1.807, 2.05) is 6.07 Å². The van der Waals surface area contributed by atoms with Crippen molar-refractivity contribution in [2.45, 2.75) is 18.9 Å². The van der Waals surface area contributed by atoms with E-state index in [2.05, 4.69) is 27.0 Å². The van der Waals surface area contributed by atoms with Gasteiger partial charge in [0.15, 0.2) is 0 Å². The maximum Gasteiger partial charge on any atom is 0.216 e. The van der Waals surface area contributed by atoms with Gasteiger partial charge in [-0.1, -0.05) is 22.0 Å². The molecule has 3 heteroatoms. The third-order valence-electron chi connectivity index (χ3n) is 2.04. The van der Waals surface area contributed by atoms with Crippen molar-refractivity contribution in [3.63, 3.8) is 0 Å². The van der Waals surface area contributed by atoms with Crippen LogP contribution in [0.4, 0.5) is 0 Å². The Morgan fingerprint density at radius 3 is 3.42 bits per heavy atom. The maximum absolute atomic E-state index is 5.62. The van der Waals surface area contributed by atoms with E-state index in [4.69, 9.17) is 4.74 Å². The highest BCUT2D eigenvalue weighted by Crippen LogP contribution is 2.24. The summed E-state index contributed by atoms with van der Waals surface area (Å²) < 4.78 is 5.62. The number of ether oxygens (including phenoxy) is 1. The van der Waals surface area contributed by atoms with Gasteiger partial charge in [0, 0.05) is 17.1 Å². The molecule has 64 valence electrons. The smallest absolute Gasteiger partial charge is 0.216 e. The van der Waals surface area contributed by atoms with Crippen molar-refractivity contribution in [1.82, 2.24) is 4.98 Å². The molecular formula is C9H10BrNO. The molecule has 1 unspecified atom stereocenters. The van der Waals surface area contributed by atoms with Gasteiger partial charge >= 0.3 is 0 Å². The van der Waals surface area contributed by atoms with Gasteiger partial charge in [-0.2, -0.15) is 0 Å². The van der Waals surface area contributed by atoms with E-state index in [0.29, 0.717) is 6.10 Å². The molecule has 0 aromatic carbocycles. The van der Waals surface area contributed by atoms with Gasteiger partial charge < -0.3 is 4.74 Å². The lowest BCUT2D eigenvalue weighted by Gasteiger charge is -2.22. The molecule has 0 spiro atoms. The Balaban J connectivity index is 2.23. The van der Waals surface area contributed by atoms with Gasteiger partial charge in [0.1, 0.15) is 6.10 Å². The molecule has 0 radical (unpaired) electrons. The number of aryl methyl sites for hydroxylation is 1. The number of halogens is 1. The molecule has 0 bridgehead atoms. The van der Waals surface area contributed by atoms with Crippen LogP contribution < -0.4 is 4.74 Å². The van der Waals surface area contributed by atoms with Gasteiger partial charge in [0.05, 0.1) is 0 Å². The van der Waals surface area contributed by atoms with Crippen LogP contribution in [0.3, 0.4) is 0 Å². The molecular weight excluding hydrogens is 218 g/mol. The van der Waals surface area contributed by atoms with E-state index in [9.17, 15) is 0 Å². The number of pyridine rings is 1. The van der Waals surface area contributed by atoms with Crippen molar-refractivity contribution in [2.75, 3.05) is 5.33 Å². The van der Waals surface area contributed by atoms with Crippen LogP contribution in [0.1, 0.15) is 12.0 Å². The second-order valence-electron chi connectivity index (χ2n) is 2.90. The highest BCUT2D eigenvalue weighted by atomic mass is 79.9. The summed E-state index contributed by atoms with van der Waals surface area (Å²) in [6.07, 6.45) is 4.24. The van der Waals surface area contributed by atoms with Crippen molar-refractivity contribution < 1.29 is 4.74 Å². The first-order valence-electron chi connectivity index (χ1n) is 4.06. The first kappa shape index (κ1) is 8.05. The van der Waals surface area contributed by atoms with Gasteiger partial charge in [-0.05, 0) is 18.9 Å². The number of alkyl halides is 1. The summed E-state index contributed by atoms with van der Waals surface area (Å²) in [5.74, 6) is 0.813. The average Bonchev–Trinajstić information content (AvgIpc) is 2.17. The van der Waals surface area contributed by atoms with E-state index in [0.717, 1.165) is 24.1 Å². The Bertz CT molecular complexity index is 277. The van der Waals surface area contributed by atoms with E-state index < -0.39 is 0 Å². The van der Waals surface area contributed by atoms with Crippen LogP contribution in [0.5, 0.6) is 5.88 Å². The minimum absolute atomic E-state index is 0.299. The molecule has 1 aliphatic heterocycles. The number of nitrogens with zero attached hydrogens (tertiary/aromatic N) is 1. The highest BCUT2D eigenvalue weighted by Gasteiger charge is 2.18. The van der Waals surface area contributed by atoms with Crippen LogP contribution in [0.2, 0.25) is 0 Å². The average molecular weight is 228 g/mol. The van der Waals surface area contributed by atoms with Gasteiger partial charge in [0.25, 0.3) is 0 Å². The summed E-state index contributed by atoms with van der Waals surface area (Å²) in [4.78, 5) is 4.17. The molecule has 2 nitrogen and oxygen atoms in total. The molecule has 1 aliphatic rings. The Morgan fingerprint density at radius 2 is 2.58 bits per heavy atom. The lowest BCUT2D eigenvalue weighted by molar-refractivity contribution is 0.189. The molecule has 1 atom stereocenters. The van der Waals surface area contributed by atoms with Gasteiger partial charge in [-0.15, -0.1) is 0 Å². The van der Waals surface area contributed by atoms with E-state index in [-0.39, 0.29) is 0 Å². The van der Waals surface area contributed by atoms with Crippen molar-refractivity contribution in [2.24, 2.45) is 0 Å². The summed E-state index contributed by atoms with van der Waals surface area (Å²) in [5, 5.41) is 0.892. The van der Waals surface area contributed by atoms with Crippen molar-refractivity contribution in [1.29, 1.82) is 0 Å². The molecule has 0 N–H and O–H groups in total. The predicted octanol–water partition coefficient (Wildman–Crippen LogP) is 2.17. The minimum atomic E-state index is 0.299. The largest absolute Gasteiger partial charge is 0.473 e.